The first-order valence-corrected chi connectivity index (χ1v) is 6.14. The molecule has 1 atom stereocenters. The Morgan fingerprint density at radius 3 is 2.90 bits per heavy atom. The number of hydrogen-bond donors (Lipinski definition) is 2. The van der Waals surface area contributed by atoms with Gasteiger partial charge in [0.25, 0.3) is 11.7 Å². The van der Waals surface area contributed by atoms with Crippen molar-refractivity contribution in [2.24, 2.45) is 0 Å². The van der Waals surface area contributed by atoms with Crippen molar-refractivity contribution in [1.29, 1.82) is 0 Å². The van der Waals surface area contributed by atoms with Crippen LogP contribution in [0.4, 0.5) is 0 Å². The molecule has 1 aromatic carbocycles. The monoisotopic (exact) mass is 272 g/mol. The zero-order valence-corrected chi connectivity index (χ0v) is 10.7. The maximum Gasteiger partial charge on any atom is 0.328 e. The van der Waals surface area contributed by atoms with Gasteiger partial charge in [-0.3, -0.25) is 9.59 Å². The summed E-state index contributed by atoms with van der Waals surface area (Å²) < 4.78 is 4.65. The van der Waals surface area contributed by atoms with E-state index in [1.165, 1.54) is 7.11 Å². The van der Waals surface area contributed by atoms with E-state index < -0.39 is 23.7 Å². The van der Waals surface area contributed by atoms with E-state index in [-0.39, 0.29) is 6.42 Å². The van der Waals surface area contributed by atoms with Crippen molar-refractivity contribution in [3.05, 3.63) is 35.5 Å². The van der Waals surface area contributed by atoms with Crippen molar-refractivity contribution >= 4 is 28.6 Å². The molecule has 6 nitrogen and oxygen atoms in total. The Kier molecular flexibility index (Phi) is 2.78. The minimum absolute atomic E-state index is 0.280. The van der Waals surface area contributed by atoms with Crippen LogP contribution in [-0.2, 0) is 20.7 Å². The number of nitrogens with one attached hydrogen (secondary N) is 2. The van der Waals surface area contributed by atoms with E-state index in [0.29, 0.717) is 10.9 Å². The Balaban J connectivity index is 2.20. The predicted molar refractivity (Wildman–Crippen MR) is 70.3 cm³/mol. The van der Waals surface area contributed by atoms with Crippen LogP contribution < -0.4 is 5.32 Å². The highest BCUT2D eigenvalue weighted by atomic mass is 16.5. The van der Waals surface area contributed by atoms with Crippen molar-refractivity contribution in [3.63, 3.8) is 0 Å². The van der Waals surface area contributed by atoms with Crippen LogP contribution in [0.3, 0.4) is 0 Å². The SMILES string of the molecule is COC(=O)[C@@H]1Cc2c[nH]c3cccc(c23)C(=O)C(=O)N1. The number of Topliss-reactive ketones (excluding diaryl/α,β-unsaturated/α-hetero) is 1. The fourth-order valence-electron chi connectivity index (χ4n) is 2.51. The summed E-state index contributed by atoms with van der Waals surface area (Å²) >= 11 is 0. The normalized spacial score (nSPS) is 18.4. The maximum absolute atomic E-state index is 12.2. The first kappa shape index (κ1) is 12.4. The van der Waals surface area contributed by atoms with Crippen molar-refractivity contribution in [2.45, 2.75) is 12.5 Å². The molecule has 2 aromatic rings. The van der Waals surface area contributed by atoms with Crippen LogP contribution >= 0.6 is 0 Å². The van der Waals surface area contributed by atoms with Gasteiger partial charge in [-0.2, -0.15) is 0 Å². The molecule has 1 aromatic heterocycles. The lowest BCUT2D eigenvalue weighted by Crippen LogP contribution is -2.46. The van der Waals surface area contributed by atoms with Gasteiger partial charge in [-0.15, -0.1) is 0 Å². The van der Waals surface area contributed by atoms with Gasteiger partial charge in [0.1, 0.15) is 6.04 Å². The summed E-state index contributed by atoms with van der Waals surface area (Å²) in [5.74, 6) is -2.01. The van der Waals surface area contributed by atoms with Crippen molar-refractivity contribution in [1.82, 2.24) is 10.3 Å². The highest BCUT2D eigenvalue weighted by molar-refractivity contribution is 6.45. The maximum atomic E-state index is 12.2. The van der Waals surface area contributed by atoms with Crippen LogP contribution in [0.2, 0.25) is 0 Å². The number of aromatic nitrogens is 1. The molecule has 0 fully saturated rings. The summed E-state index contributed by atoms with van der Waals surface area (Å²) in [7, 11) is 1.25. The molecule has 1 aliphatic heterocycles. The van der Waals surface area contributed by atoms with Gasteiger partial charge in [-0.05, 0) is 11.6 Å². The van der Waals surface area contributed by atoms with E-state index in [9.17, 15) is 14.4 Å². The molecular formula is C14H12N2O4. The molecule has 2 N–H and O–H groups in total. The van der Waals surface area contributed by atoms with Gasteiger partial charge in [0.15, 0.2) is 0 Å². The van der Waals surface area contributed by atoms with Crippen LogP contribution in [-0.4, -0.2) is 35.8 Å². The first-order chi connectivity index (χ1) is 9.61. The van der Waals surface area contributed by atoms with Crippen LogP contribution in [0.1, 0.15) is 15.9 Å². The average molecular weight is 272 g/mol. The van der Waals surface area contributed by atoms with Gasteiger partial charge in [0.2, 0.25) is 0 Å². The predicted octanol–water partition coefficient (Wildman–Crippen LogP) is 0.564. The van der Waals surface area contributed by atoms with E-state index in [0.717, 1.165) is 11.1 Å². The number of amides is 1. The largest absolute Gasteiger partial charge is 0.467 e. The molecule has 1 amide bonds. The number of benzene rings is 1. The number of carbonyl (C=O) groups excluding carboxylic acids is 3. The topological polar surface area (TPSA) is 88.3 Å². The Morgan fingerprint density at radius 1 is 1.35 bits per heavy atom. The third-order valence-electron chi connectivity index (χ3n) is 3.45. The third kappa shape index (κ3) is 1.77. The Bertz CT molecular complexity index is 732. The minimum atomic E-state index is -0.858. The molecule has 2 heterocycles. The van der Waals surface area contributed by atoms with Crippen molar-refractivity contribution < 1.29 is 19.1 Å². The second kappa shape index (κ2) is 4.48. The van der Waals surface area contributed by atoms with Gasteiger partial charge in [-0.1, -0.05) is 12.1 Å². The summed E-state index contributed by atoms with van der Waals surface area (Å²) in [6, 6.07) is 4.29. The molecule has 0 unspecified atom stereocenters. The number of carbonyl (C=O) groups is 3. The lowest BCUT2D eigenvalue weighted by Gasteiger charge is -2.18. The summed E-state index contributed by atoms with van der Waals surface area (Å²) in [5.41, 5.74) is 1.92. The van der Waals surface area contributed by atoms with Crippen LogP contribution in [0, 0.1) is 0 Å². The molecule has 6 heteroatoms. The fraction of sp³-hybridized carbons (Fsp3) is 0.214. The number of methoxy groups -OCH3 is 1. The number of ketones is 1. The fourth-order valence-corrected chi connectivity index (χ4v) is 2.51. The van der Waals surface area contributed by atoms with Crippen molar-refractivity contribution in [3.8, 4) is 0 Å². The molecule has 3 rings (SSSR count). The quantitative estimate of drug-likeness (QED) is 0.586. The number of ether oxygens (including phenoxy) is 1. The molecule has 0 saturated heterocycles. The zero-order valence-electron chi connectivity index (χ0n) is 10.7. The molecular weight excluding hydrogens is 260 g/mol. The lowest BCUT2D eigenvalue weighted by atomic mass is 9.96. The van der Waals surface area contributed by atoms with E-state index in [1.54, 1.807) is 18.3 Å². The third-order valence-corrected chi connectivity index (χ3v) is 3.45. The zero-order chi connectivity index (χ0) is 14.3. The summed E-state index contributed by atoms with van der Waals surface area (Å²) in [5, 5.41) is 3.11. The van der Waals surface area contributed by atoms with Gasteiger partial charge >= 0.3 is 5.97 Å². The number of rotatable bonds is 1. The molecule has 0 radical (unpaired) electrons. The van der Waals surface area contributed by atoms with Gasteiger partial charge in [0.05, 0.1) is 7.11 Å². The summed E-state index contributed by atoms with van der Waals surface area (Å²) in [6.07, 6.45) is 2.03. The molecule has 20 heavy (non-hydrogen) atoms. The first-order valence-electron chi connectivity index (χ1n) is 6.14. The van der Waals surface area contributed by atoms with Crippen LogP contribution in [0.5, 0.6) is 0 Å². The number of esters is 1. The Morgan fingerprint density at radius 2 is 2.15 bits per heavy atom. The van der Waals surface area contributed by atoms with Gasteiger partial charge in [-0.25, -0.2) is 4.79 Å². The Labute approximate surface area is 114 Å². The second-order valence-corrected chi connectivity index (χ2v) is 4.62. The molecule has 0 spiro atoms. The van der Waals surface area contributed by atoms with Gasteiger partial charge in [0, 0.05) is 29.1 Å². The van der Waals surface area contributed by atoms with E-state index in [4.69, 9.17) is 0 Å². The Hall–Kier alpha value is -2.63. The van der Waals surface area contributed by atoms with E-state index >= 15 is 0 Å². The second-order valence-electron chi connectivity index (χ2n) is 4.62. The molecule has 0 saturated carbocycles. The molecule has 102 valence electrons. The standard InChI is InChI=1S/C14H12N2O4/c1-20-14(19)10-5-7-6-15-9-4-2-3-8(11(7)9)12(17)13(18)16-10/h2-4,6,10,15H,5H2,1H3,(H,16,18)/t10-/m0/s1. The van der Waals surface area contributed by atoms with Crippen LogP contribution in [0.25, 0.3) is 10.9 Å². The van der Waals surface area contributed by atoms with E-state index in [1.807, 2.05) is 6.07 Å². The number of aromatic amines is 1. The average Bonchev–Trinajstić information content (AvgIpc) is 2.86. The molecule has 0 bridgehead atoms. The molecule has 0 aliphatic carbocycles. The van der Waals surface area contributed by atoms with Crippen molar-refractivity contribution in [2.75, 3.05) is 7.11 Å². The smallest absolute Gasteiger partial charge is 0.328 e. The lowest BCUT2D eigenvalue weighted by molar-refractivity contribution is -0.144. The highest BCUT2D eigenvalue weighted by Crippen LogP contribution is 2.26. The van der Waals surface area contributed by atoms with E-state index in [2.05, 4.69) is 15.0 Å². The molecule has 1 aliphatic rings. The van der Waals surface area contributed by atoms with Crippen LogP contribution in [0.15, 0.2) is 24.4 Å². The van der Waals surface area contributed by atoms with Gasteiger partial charge < -0.3 is 15.0 Å². The summed E-state index contributed by atoms with van der Waals surface area (Å²) in [4.78, 5) is 38.8. The summed E-state index contributed by atoms with van der Waals surface area (Å²) in [6.45, 7) is 0. The number of hydrogen-bond acceptors (Lipinski definition) is 4. The minimum Gasteiger partial charge on any atom is -0.467 e. The number of H-pyrrole nitrogens is 1. The highest BCUT2D eigenvalue weighted by Gasteiger charge is 2.31.